The fraction of sp³-hybridized carbons (Fsp3) is 0.833. The summed E-state index contributed by atoms with van der Waals surface area (Å²) in [5.41, 5.74) is -0.211. The molecule has 0 spiro atoms. The van der Waals surface area contributed by atoms with Crippen LogP contribution >= 0.6 is 0 Å². The average molecular weight is 347 g/mol. The summed E-state index contributed by atoms with van der Waals surface area (Å²) in [7, 11) is 2.13. The SMILES string of the molecule is CC(C)c1noc(C2CCN(C(=O)[C@]34CNC[C@H]3CN(C)C4)CC2)n1. The molecule has 4 heterocycles. The Kier molecular flexibility index (Phi) is 4.32. The molecular formula is C18H29N5O2. The largest absolute Gasteiger partial charge is 0.342 e. The number of aromatic nitrogens is 2. The Labute approximate surface area is 149 Å². The van der Waals surface area contributed by atoms with Crippen molar-refractivity contribution in [3.8, 4) is 0 Å². The molecule has 0 aliphatic carbocycles. The number of fused-ring (bicyclic) bond motifs is 1. The van der Waals surface area contributed by atoms with Gasteiger partial charge in [0.1, 0.15) is 0 Å². The maximum Gasteiger partial charge on any atom is 0.231 e. The highest BCUT2D eigenvalue weighted by molar-refractivity contribution is 5.84. The van der Waals surface area contributed by atoms with E-state index in [4.69, 9.17) is 4.52 Å². The summed E-state index contributed by atoms with van der Waals surface area (Å²) in [5.74, 6) is 2.89. The summed E-state index contributed by atoms with van der Waals surface area (Å²) < 4.78 is 5.46. The molecule has 0 radical (unpaired) electrons. The third kappa shape index (κ3) is 2.87. The lowest BCUT2D eigenvalue weighted by molar-refractivity contribution is -0.143. The molecule has 1 N–H and O–H groups in total. The molecule has 1 aromatic rings. The lowest BCUT2D eigenvalue weighted by Gasteiger charge is -2.37. The van der Waals surface area contributed by atoms with E-state index in [0.717, 1.165) is 63.8 Å². The normalized spacial score (nSPS) is 31.0. The minimum absolute atomic E-state index is 0.211. The summed E-state index contributed by atoms with van der Waals surface area (Å²) >= 11 is 0. The molecule has 138 valence electrons. The molecule has 3 saturated heterocycles. The molecule has 3 fully saturated rings. The number of carbonyl (C=O) groups is 1. The molecule has 0 bridgehead atoms. The van der Waals surface area contributed by atoms with Crippen LogP contribution < -0.4 is 5.32 Å². The molecule has 1 aromatic heterocycles. The van der Waals surface area contributed by atoms with Gasteiger partial charge in [-0.2, -0.15) is 4.98 Å². The summed E-state index contributed by atoms with van der Waals surface area (Å²) in [5, 5.41) is 7.52. The van der Waals surface area contributed by atoms with E-state index in [0.29, 0.717) is 11.8 Å². The van der Waals surface area contributed by atoms with Gasteiger partial charge >= 0.3 is 0 Å². The lowest BCUT2D eigenvalue weighted by atomic mass is 9.79. The lowest BCUT2D eigenvalue weighted by Crippen LogP contribution is -2.51. The van der Waals surface area contributed by atoms with Gasteiger partial charge < -0.3 is 19.6 Å². The quantitative estimate of drug-likeness (QED) is 0.881. The molecule has 1 amide bonds. The van der Waals surface area contributed by atoms with Gasteiger partial charge in [0.05, 0.1) is 5.41 Å². The van der Waals surface area contributed by atoms with Crippen LogP contribution in [0.1, 0.15) is 50.2 Å². The second-order valence-electron chi connectivity index (χ2n) is 8.39. The van der Waals surface area contributed by atoms with Crippen molar-refractivity contribution < 1.29 is 9.32 Å². The molecule has 0 saturated carbocycles. The zero-order chi connectivity index (χ0) is 17.6. The van der Waals surface area contributed by atoms with E-state index in [1.165, 1.54) is 0 Å². The van der Waals surface area contributed by atoms with Gasteiger partial charge in [0.2, 0.25) is 11.8 Å². The van der Waals surface area contributed by atoms with Crippen molar-refractivity contribution in [2.45, 2.75) is 38.5 Å². The van der Waals surface area contributed by atoms with Gasteiger partial charge in [0.25, 0.3) is 0 Å². The molecule has 25 heavy (non-hydrogen) atoms. The van der Waals surface area contributed by atoms with Crippen molar-refractivity contribution in [3.05, 3.63) is 11.7 Å². The predicted molar refractivity (Wildman–Crippen MR) is 93.2 cm³/mol. The first-order chi connectivity index (χ1) is 12.0. The van der Waals surface area contributed by atoms with Crippen LogP contribution in [-0.4, -0.2) is 72.2 Å². The Bertz CT molecular complexity index is 637. The Morgan fingerprint density at radius 1 is 1.36 bits per heavy atom. The van der Waals surface area contributed by atoms with Crippen LogP contribution in [0.3, 0.4) is 0 Å². The molecular weight excluding hydrogens is 318 g/mol. The summed E-state index contributed by atoms with van der Waals surface area (Å²) in [4.78, 5) is 22.2. The van der Waals surface area contributed by atoms with Gasteiger partial charge in [0.15, 0.2) is 5.82 Å². The van der Waals surface area contributed by atoms with Gasteiger partial charge in [-0.05, 0) is 19.9 Å². The summed E-state index contributed by atoms with van der Waals surface area (Å²) in [6, 6.07) is 0. The fourth-order valence-corrected chi connectivity index (χ4v) is 4.77. The van der Waals surface area contributed by atoms with Crippen LogP contribution in [0.5, 0.6) is 0 Å². The second-order valence-corrected chi connectivity index (χ2v) is 8.39. The van der Waals surface area contributed by atoms with Crippen molar-refractivity contribution in [1.29, 1.82) is 0 Å². The van der Waals surface area contributed by atoms with Gasteiger partial charge in [0, 0.05) is 57.0 Å². The highest BCUT2D eigenvalue weighted by atomic mass is 16.5. The molecule has 4 rings (SSSR count). The van der Waals surface area contributed by atoms with Crippen LogP contribution in [0.4, 0.5) is 0 Å². The minimum Gasteiger partial charge on any atom is -0.342 e. The summed E-state index contributed by atoms with van der Waals surface area (Å²) in [6.07, 6.45) is 1.82. The Hall–Kier alpha value is -1.47. The molecule has 3 aliphatic heterocycles. The molecule has 0 aromatic carbocycles. The third-order valence-electron chi connectivity index (χ3n) is 6.23. The standard InChI is InChI=1S/C18H29N5O2/c1-12(2)15-20-16(25-21-15)13-4-6-23(7-5-13)17(24)18-10-19-8-14(18)9-22(3)11-18/h12-14,19H,4-11H2,1-3H3/t14-,18-/m0/s1. The zero-order valence-electron chi connectivity index (χ0n) is 15.5. The van der Waals surface area contributed by atoms with Crippen molar-refractivity contribution in [2.75, 3.05) is 46.3 Å². The van der Waals surface area contributed by atoms with E-state index >= 15 is 0 Å². The number of hydrogen-bond acceptors (Lipinski definition) is 6. The number of nitrogens with one attached hydrogen (secondary N) is 1. The average Bonchev–Trinajstić information content (AvgIpc) is 3.28. The molecule has 2 atom stereocenters. The van der Waals surface area contributed by atoms with Crippen LogP contribution in [-0.2, 0) is 4.79 Å². The van der Waals surface area contributed by atoms with E-state index in [2.05, 4.69) is 46.2 Å². The summed E-state index contributed by atoms with van der Waals surface area (Å²) in [6.45, 7) is 9.41. The molecule has 3 aliphatic rings. The highest BCUT2D eigenvalue weighted by Crippen LogP contribution is 2.41. The van der Waals surface area contributed by atoms with Gasteiger partial charge in [-0.1, -0.05) is 19.0 Å². The number of amides is 1. The minimum atomic E-state index is -0.211. The van der Waals surface area contributed by atoms with E-state index in [9.17, 15) is 4.79 Å². The van der Waals surface area contributed by atoms with Crippen LogP contribution in [0.25, 0.3) is 0 Å². The monoisotopic (exact) mass is 347 g/mol. The van der Waals surface area contributed by atoms with Crippen LogP contribution in [0.2, 0.25) is 0 Å². The first-order valence-electron chi connectivity index (χ1n) is 9.52. The Morgan fingerprint density at radius 3 is 2.80 bits per heavy atom. The maximum atomic E-state index is 13.3. The number of likely N-dealkylation sites (tertiary alicyclic amines) is 2. The number of nitrogens with zero attached hydrogens (tertiary/aromatic N) is 4. The van der Waals surface area contributed by atoms with Gasteiger partial charge in [-0.3, -0.25) is 4.79 Å². The van der Waals surface area contributed by atoms with E-state index in [-0.39, 0.29) is 17.3 Å². The fourth-order valence-electron chi connectivity index (χ4n) is 4.77. The molecule has 0 unspecified atom stereocenters. The van der Waals surface area contributed by atoms with E-state index in [1.807, 2.05) is 0 Å². The molecule has 7 nitrogen and oxygen atoms in total. The highest BCUT2D eigenvalue weighted by Gasteiger charge is 2.55. The predicted octanol–water partition coefficient (Wildman–Crippen LogP) is 1.05. The van der Waals surface area contributed by atoms with Crippen LogP contribution in [0, 0.1) is 11.3 Å². The van der Waals surface area contributed by atoms with Crippen molar-refractivity contribution >= 4 is 5.91 Å². The topological polar surface area (TPSA) is 74.5 Å². The maximum absolute atomic E-state index is 13.3. The van der Waals surface area contributed by atoms with E-state index < -0.39 is 0 Å². The molecule has 7 heteroatoms. The zero-order valence-corrected chi connectivity index (χ0v) is 15.5. The smallest absolute Gasteiger partial charge is 0.231 e. The van der Waals surface area contributed by atoms with Crippen molar-refractivity contribution in [3.63, 3.8) is 0 Å². The number of piperidine rings is 1. The van der Waals surface area contributed by atoms with Crippen molar-refractivity contribution in [1.82, 2.24) is 25.3 Å². The van der Waals surface area contributed by atoms with Gasteiger partial charge in [-0.25, -0.2) is 0 Å². The first kappa shape index (κ1) is 17.0. The van der Waals surface area contributed by atoms with Crippen LogP contribution in [0.15, 0.2) is 4.52 Å². The first-order valence-corrected chi connectivity index (χ1v) is 9.52. The second kappa shape index (κ2) is 6.36. The number of rotatable bonds is 3. The Morgan fingerprint density at radius 2 is 2.12 bits per heavy atom. The third-order valence-corrected chi connectivity index (χ3v) is 6.23. The van der Waals surface area contributed by atoms with Gasteiger partial charge in [-0.15, -0.1) is 0 Å². The Balaban J connectivity index is 1.40. The van der Waals surface area contributed by atoms with Crippen molar-refractivity contribution in [2.24, 2.45) is 11.3 Å². The number of hydrogen-bond donors (Lipinski definition) is 1. The number of carbonyl (C=O) groups excluding carboxylic acids is 1. The van der Waals surface area contributed by atoms with E-state index in [1.54, 1.807) is 0 Å².